The van der Waals surface area contributed by atoms with Crippen molar-refractivity contribution < 1.29 is 9.32 Å². The van der Waals surface area contributed by atoms with Gasteiger partial charge in [-0.2, -0.15) is 5.26 Å². The molecule has 0 saturated carbocycles. The van der Waals surface area contributed by atoms with Gasteiger partial charge in [0.05, 0.1) is 10.6 Å². The highest BCUT2D eigenvalue weighted by Gasteiger charge is 2.24. The molecule has 4 rings (SSSR count). The SMILES string of the molecule is N#Cc1c(NC(=O)c2cc(-c3ccc(Cl)cc3Cl)on2)sc2c1CCC2. The molecular formula is C18H11Cl2N3O2S. The number of nitriles is 1. The topological polar surface area (TPSA) is 78.9 Å². The van der Waals surface area contributed by atoms with Gasteiger partial charge in [-0.15, -0.1) is 11.3 Å². The van der Waals surface area contributed by atoms with Gasteiger partial charge in [0.15, 0.2) is 11.5 Å². The normalized spacial score (nSPS) is 12.7. The second-order valence-electron chi connectivity index (χ2n) is 5.83. The molecular weight excluding hydrogens is 393 g/mol. The summed E-state index contributed by atoms with van der Waals surface area (Å²) < 4.78 is 5.25. The van der Waals surface area contributed by atoms with E-state index in [1.54, 1.807) is 18.2 Å². The zero-order valence-corrected chi connectivity index (χ0v) is 15.6. The Hall–Kier alpha value is -2.33. The minimum absolute atomic E-state index is 0.114. The van der Waals surface area contributed by atoms with Crippen LogP contribution in [0, 0.1) is 11.3 Å². The van der Waals surface area contributed by atoms with Gasteiger partial charge in [0.1, 0.15) is 11.1 Å². The lowest BCUT2D eigenvalue weighted by Crippen LogP contribution is -2.12. The average molecular weight is 404 g/mol. The van der Waals surface area contributed by atoms with Crippen LogP contribution >= 0.6 is 34.5 Å². The lowest BCUT2D eigenvalue weighted by atomic mass is 10.1. The van der Waals surface area contributed by atoms with E-state index in [0.29, 0.717) is 31.9 Å². The van der Waals surface area contributed by atoms with Crippen LogP contribution in [-0.4, -0.2) is 11.1 Å². The lowest BCUT2D eigenvalue weighted by Gasteiger charge is -2.01. The number of benzene rings is 1. The number of carbonyl (C=O) groups excluding carboxylic acids is 1. The molecule has 2 aromatic heterocycles. The van der Waals surface area contributed by atoms with E-state index in [0.717, 1.165) is 24.8 Å². The molecule has 0 bridgehead atoms. The number of anilines is 1. The second-order valence-corrected chi connectivity index (χ2v) is 7.78. The Labute approximate surface area is 163 Å². The third kappa shape index (κ3) is 2.99. The van der Waals surface area contributed by atoms with Crippen molar-refractivity contribution in [3.8, 4) is 17.4 Å². The van der Waals surface area contributed by atoms with Crippen molar-refractivity contribution in [2.24, 2.45) is 0 Å². The van der Waals surface area contributed by atoms with Crippen LogP contribution in [0.2, 0.25) is 10.0 Å². The van der Waals surface area contributed by atoms with E-state index in [1.165, 1.54) is 22.3 Å². The molecule has 0 atom stereocenters. The quantitative estimate of drug-likeness (QED) is 0.641. The number of hydrogen-bond acceptors (Lipinski definition) is 5. The van der Waals surface area contributed by atoms with Gasteiger partial charge in [-0.25, -0.2) is 0 Å². The van der Waals surface area contributed by atoms with Crippen LogP contribution in [0.25, 0.3) is 11.3 Å². The molecule has 2 heterocycles. The van der Waals surface area contributed by atoms with Gasteiger partial charge in [-0.05, 0) is 43.0 Å². The summed E-state index contributed by atoms with van der Waals surface area (Å²) in [6.45, 7) is 0. The highest BCUT2D eigenvalue weighted by atomic mass is 35.5. The van der Waals surface area contributed by atoms with Crippen molar-refractivity contribution in [3.63, 3.8) is 0 Å². The molecule has 26 heavy (non-hydrogen) atoms. The highest BCUT2D eigenvalue weighted by Crippen LogP contribution is 2.39. The summed E-state index contributed by atoms with van der Waals surface area (Å²) in [7, 11) is 0. The number of nitrogens with zero attached hydrogens (tertiary/aromatic N) is 2. The van der Waals surface area contributed by atoms with Crippen molar-refractivity contribution in [2.75, 3.05) is 5.32 Å². The Kier molecular flexibility index (Phi) is 4.45. The van der Waals surface area contributed by atoms with Gasteiger partial charge in [0, 0.05) is 21.5 Å². The van der Waals surface area contributed by atoms with Crippen molar-refractivity contribution in [1.29, 1.82) is 5.26 Å². The molecule has 0 saturated heterocycles. The van der Waals surface area contributed by atoms with E-state index >= 15 is 0 Å². The number of fused-ring (bicyclic) bond motifs is 1. The first kappa shape index (κ1) is 17.1. The van der Waals surface area contributed by atoms with E-state index < -0.39 is 5.91 Å². The summed E-state index contributed by atoms with van der Waals surface area (Å²) in [5, 5.41) is 17.5. The summed E-state index contributed by atoms with van der Waals surface area (Å²) in [5.41, 5.74) is 2.32. The molecule has 1 aromatic carbocycles. The fourth-order valence-corrected chi connectivity index (χ4v) is 4.71. The van der Waals surface area contributed by atoms with E-state index in [2.05, 4.69) is 16.5 Å². The van der Waals surface area contributed by atoms with E-state index in [9.17, 15) is 10.1 Å². The molecule has 0 radical (unpaired) electrons. The van der Waals surface area contributed by atoms with Crippen molar-refractivity contribution >= 4 is 45.4 Å². The third-order valence-electron chi connectivity index (χ3n) is 4.20. The first-order valence-electron chi connectivity index (χ1n) is 7.85. The number of aromatic nitrogens is 1. The van der Waals surface area contributed by atoms with Gasteiger partial charge in [0.2, 0.25) is 0 Å². The monoisotopic (exact) mass is 403 g/mol. The Morgan fingerprint density at radius 3 is 2.92 bits per heavy atom. The first-order valence-corrected chi connectivity index (χ1v) is 9.42. The van der Waals surface area contributed by atoms with Gasteiger partial charge in [0.25, 0.3) is 5.91 Å². The second kappa shape index (κ2) is 6.76. The summed E-state index contributed by atoms with van der Waals surface area (Å²) in [6.07, 6.45) is 2.89. The number of carbonyl (C=O) groups is 1. The van der Waals surface area contributed by atoms with Gasteiger partial charge in [-0.1, -0.05) is 28.4 Å². The summed E-state index contributed by atoms with van der Waals surface area (Å²) in [5.74, 6) is -0.0625. The molecule has 1 amide bonds. The summed E-state index contributed by atoms with van der Waals surface area (Å²) >= 11 is 13.5. The minimum atomic E-state index is -0.429. The predicted molar refractivity (Wildman–Crippen MR) is 101 cm³/mol. The van der Waals surface area contributed by atoms with Gasteiger partial charge >= 0.3 is 0 Å². The molecule has 1 N–H and O–H groups in total. The standard InChI is InChI=1S/C18H11Cl2N3O2S/c19-9-4-5-11(13(20)6-9)15-7-14(23-25-15)17(24)22-18-12(8-21)10-2-1-3-16(10)26-18/h4-7H,1-3H2,(H,22,24). The Morgan fingerprint density at radius 1 is 1.31 bits per heavy atom. The lowest BCUT2D eigenvalue weighted by molar-refractivity contribution is 0.101. The zero-order valence-electron chi connectivity index (χ0n) is 13.3. The number of halogens is 2. The zero-order chi connectivity index (χ0) is 18.3. The molecule has 8 heteroatoms. The number of hydrogen-bond donors (Lipinski definition) is 1. The van der Waals surface area contributed by atoms with Crippen LogP contribution in [-0.2, 0) is 12.8 Å². The molecule has 130 valence electrons. The van der Waals surface area contributed by atoms with Crippen LogP contribution < -0.4 is 5.32 Å². The van der Waals surface area contributed by atoms with Crippen LogP contribution in [0.15, 0.2) is 28.8 Å². The van der Waals surface area contributed by atoms with Gasteiger partial charge < -0.3 is 9.84 Å². The molecule has 0 unspecified atom stereocenters. The molecule has 1 aliphatic rings. The maximum atomic E-state index is 12.5. The number of nitrogens with one attached hydrogen (secondary N) is 1. The van der Waals surface area contributed by atoms with Crippen LogP contribution in [0.5, 0.6) is 0 Å². The maximum Gasteiger partial charge on any atom is 0.278 e. The fourth-order valence-electron chi connectivity index (χ4n) is 2.98. The molecule has 3 aromatic rings. The summed E-state index contributed by atoms with van der Waals surface area (Å²) in [6, 6.07) is 8.68. The Balaban J connectivity index is 1.59. The van der Waals surface area contributed by atoms with E-state index in [-0.39, 0.29) is 5.69 Å². The Bertz CT molecular complexity index is 1070. The van der Waals surface area contributed by atoms with E-state index in [1.807, 2.05) is 0 Å². The highest BCUT2D eigenvalue weighted by molar-refractivity contribution is 7.16. The summed E-state index contributed by atoms with van der Waals surface area (Å²) in [4.78, 5) is 13.7. The van der Waals surface area contributed by atoms with Crippen LogP contribution in [0.3, 0.4) is 0 Å². The number of amides is 1. The van der Waals surface area contributed by atoms with Crippen LogP contribution in [0.4, 0.5) is 5.00 Å². The molecule has 1 aliphatic carbocycles. The minimum Gasteiger partial charge on any atom is -0.355 e. The van der Waals surface area contributed by atoms with Crippen LogP contribution in [0.1, 0.15) is 32.9 Å². The molecule has 5 nitrogen and oxygen atoms in total. The number of thiophene rings is 1. The first-order chi connectivity index (χ1) is 12.6. The maximum absolute atomic E-state index is 12.5. The van der Waals surface area contributed by atoms with Gasteiger partial charge in [-0.3, -0.25) is 4.79 Å². The molecule has 0 aliphatic heterocycles. The van der Waals surface area contributed by atoms with Crippen molar-refractivity contribution in [1.82, 2.24) is 5.16 Å². The largest absolute Gasteiger partial charge is 0.355 e. The number of aryl methyl sites for hydroxylation is 1. The molecule has 0 fully saturated rings. The average Bonchev–Trinajstić information content (AvgIpc) is 3.30. The smallest absolute Gasteiger partial charge is 0.278 e. The third-order valence-corrected chi connectivity index (χ3v) is 5.95. The van der Waals surface area contributed by atoms with Crippen molar-refractivity contribution in [2.45, 2.75) is 19.3 Å². The van der Waals surface area contributed by atoms with E-state index in [4.69, 9.17) is 27.7 Å². The van der Waals surface area contributed by atoms with Crippen molar-refractivity contribution in [3.05, 3.63) is 56.0 Å². The Morgan fingerprint density at radius 2 is 2.15 bits per heavy atom. The predicted octanol–water partition coefficient (Wildman–Crippen LogP) is 5.32. The fraction of sp³-hybridized carbons (Fsp3) is 0.167. The molecule has 0 spiro atoms. The number of rotatable bonds is 3.